The third kappa shape index (κ3) is 3.21. The Hall–Kier alpha value is -2.36. The number of carbonyl (C=O) groups excluding carboxylic acids is 1. The summed E-state index contributed by atoms with van der Waals surface area (Å²) in [6, 6.07) is 0. The van der Waals surface area contributed by atoms with Crippen LogP contribution in [0.1, 0.15) is 23.3 Å². The molecule has 0 aliphatic carbocycles. The summed E-state index contributed by atoms with van der Waals surface area (Å²) in [5.41, 5.74) is 0.570. The Morgan fingerprint density at radius 2 is 2.14 bits per heavy atom. The van der Waals surface area contributed by atoms with Crippen LogP contribution in [0.25, 0.3) is 0 Å². The van der Waals surface area contributed by atoms with Crippen molar-refractivity contribution in [3.8, 4) is 0 Å². The first kappa shape index (κ1) is 15.0. The summed E-state index contributed by atoms with van der Waals surface area (Å²) in [7, 11) is 0. The van der Waals surface area contributed by atoms with Crippen molar-refractivity contribution < 1.29 is 9.72 Å². The molecule has 0 fully saturated rings. The first-order valence-corrected chi connectivity index (χ1v) is 7.04. The van der Waals surface area contributed by atoms with Crippen molar-refractivity contribution in [3.63, 3.8) is 0 Å². The van der Waals surface area contributed by atoms with Gasteiger partial charge in [0.05, 0.1) is 4.92 Å². The van der Waals surface area contributed by atoms with E-state index in [-0.39, 0.29) is 23.8 Å². The van der Waals surface area contributed by atoms with Crippen molar-refractivity contribution >= 4 is 28.1 Å². The third-order valence-corrected chi connectivity index (χ3v) is 3.82. The number of nitrogens with one attached hydrogen (secondary N) is 1. The number of aromatic nitrogens is 4. The van der Waals surface area contributed by atoms with E-state index in [1.54, 1.807) is 6.92 Å². The molecule has 0 aliphatic heterocycles. The molecule has 0 radical (unpaired) electrons. The fourth-order valence-corrected chi connectivity index (χ4v) is 2.54. The van der Waals surface area contributed by atoms with Gasteiger partial charge in [0.2, 0.25) is 11.0 Å². The van der Waals surface area contributed by atoms with Gasteiger partial charge in [-0.3, -0.25) is 24.9 Å². The van der Waals surface area contributed by atoms with Crippen molar-refractivity contribution in [2.45, 2.75) is 33.7 Å². The van der Waals surface area contributed by atoms with E-state index in [9.17, 15) is 14.9 Å². The Morgan fingerprint density at radius 1 is 1.43 bits per heavy atom. The summed E-state index contributed by atoms with van der Waals surface area (Å²) in [4.78, 5) is 22.3. The second-order valence-electron chi connectivity index (χ2n) is 4.34. The number of nitro groups is 1. The van der Waals surface area contributed by atoms with Crippen LogP contribution in [0, 0.1) is 24.0 Å². The van der Waals surface area contributed by atoms with Crippen LogP contribution in [0.3, 0.4) is 0 Å². The number of hydrogen-bond donors (Lipinski definition) is 1. The lowest BCUT2D eigenvalue weighted by atomic mass is 10.3. The molecule has 0 atom stereocenters. The van der Waals surface area contributed by atoms with E-state index in [0.29, 0.717) is 10.8 Å². The van der Waals surface area contributed by atoms with Gasteiger partial charge in [-0.05, 0) is 20.3 Å². The van der Waals surface area contributed by atoms with Gasteiger partial charge >= 0.3 is 5.69 Å². The van der Waals surface area contributed by atoms with Gasteiger partial charge in [-0.15, -0.1) is 10.2 Å². The molecule has 2 aromatic heterocycles. The Balaban J connectivity index is 2.09. The first-order chi connectivity index (χ1) is 9.92. The Kier molecular flexibility index (Phi) is 4.26. The quantitative estimate of drug-likeness (QED) is 0.660. The van der Waals surface area contributed by atoms with E-state index < -0.39 is 4.92 Å². The second-order valence-corrected chi connectivity index (χ2v) is 5.40. The number of nitrogens with zero attached hydrogens (tertiary/aromatic N) is 5. The summed E-state index contributed by atoms with van der Waals surface area (Å²) < 4.78 is 1.31. The number of hydrogen-bond acceptors (Lipinski definition) is 7. The number of amides is 1. The molecule has 0 spiro atoms. The minimum absolute atomic E-state index is 0.0630. The fraction of sp³-hybridized carbons (Fsp3) is 0.455. The molecule has 1 N–H and O–H groups in total. The average molecular weight is 310 g/mol. The molecule has 2 rings (SSSR count). The van der Waals surface area contributed by atoms with Gasteiger partial charge in [-0.25, -0.2) is 0 Å². The molecule has 0 aromatic carbocycles. The maximum atomic E-state index is 11.9. The maximum absolute atomic E-state index is 11.9. The summed E-state index contributed by atoms with van der Waals surface area (Å²) >= 11 is 1.30. The van der Waals surface area contributed by atoms with E-state index >= 15 is 0 Å². The van der Waals surface area contributed by atoms with Gasteiger partial charge in [0.1, 0.15) is 22.9 Å². The van der Waals surface area contributed by atoms with Gasteiger partial charge in [0.25, 0.3) is 0 Å². The SMILES string of the molecule is CCc1nnc(NC(=O)Cn2nc(C)c([N+](=O)[O-])c2C)s1. The molecule has 0 saturated heterocycles. The molecular weight excluding hydrogens is 296 g/mol. The van der Waals surface area contributed by atoms with Crippen molar-refractivity contribution in [3.05, 3.63) is 26.5 Å². The van der Waals surface area contributed by atoms with Gasteiger partial charge in [-0.1, -0.05) is 18.3 Å². The predicted octanol–water partition coefficient (Wildman–Crippen LogP) is 1.46. The molecular formula is C11H14N6O3S. The normalized spacial score (nSPS) is 10.6. The molecule has 0 aliphatic rings. The number of rotatable bonds is 5. The molecule has 1 amide bonds. The molecule has 10 heteroatoms. The summed E-state index contributed by atoms with van der Waals surface area (Å²) in [6.45, 7) is 4.94. The Labute approximate surface area is 124 Å². The zero-order valence-electron chi connectivity index (χ0n) is 11.8. The highest BCUT2D eigenvalue weighted by atomic mass is 32.1. The van der Waals surface area contributed by atoms with E-state index in [2.05, 4.69) is 20.6 Å². The minimum atomic E-state index is -0.496. The van der Waals surface area contributed by atoms with E-state index in [1.165, 1.54) is 22.9 Å². The molecule has 112 valence electrons. The van der Waals surface area contributed by atoms with Crippen molar-refractivity contribution in [1.82, 2.24) is 20.0 Å². The fourth-order valence-electron chi connectivity index (χ4n) is 1.85. The summed E-state index contributed by atoms with van der Waals surface area (Å²) in [6.07, 6.45) is 0.747. The van der Waals surface area contributed by atoms with Crippen LogP contribution in [0.15, 0.2) is 0 Å². The first-order valence-electron chi connectivity index (χ1n) is 6.23. The monoisotopic (exact) mass is 310 g/mol. The number of carbonyl (C=O) groups is 1. The molecule has 21 heavy (non-hydrogen) atoms. The van der Waals surface area contributed by atoms with Gasteiger partial charge in [0.15, 0.2) is 0 Å². The van der Waals surface area contributed by atoms with Gasteiger partial charge in [0, 0.05) is 0 Å². The molecule has 0 bridgehead atoms. The maximum Gasteiger partial charge on any atom is 0.312 e. The van der Waals surface area contributed by atoms with Crippen LogP contribution in [-0.4, -0.2) is 30.8 Å². The highest BCUT2D eigenvalue weighted by molar-refractivity contribution is 7.15. The van der Waals surface area contributed by atoms with Crippen LogP contribution in [-0.2, 0) is 17.8 Å². The number of anilines is 1. The van der Waals surface area contributed by atoms with Crippen LogP contribution in [0.5, 0.6) is 0 Å². The highest BCUT2D eigenvalue weighted by Crippen LogP contribution is 2.22. The van der Waals surface area contributed by atoms with Gasteiger partial charge < -0.3 is 0 Å². The molecule has 9 nitrogen and oxygen atoms in total. The van der Waals surface area contributed by atoms with Crippen molar-refractivity contribution in [2.75, 3.05) is 5.32 Å². The van der Waals surface area contributed by atoms with Crippen LogP contribution < -0.4 is 5.32 Å². The van der Waals surface area contributed by atoms with Crippen LogP contribution >= 0.6 is 11.3 Å². The topological polar surface area (TPSA) is 116 Å². The summed E-state index contributed by atoms with van der Waals surface area (Å²) in [5.74, 6) is -0.352. The Morgan fingerprint density at radius 3 is 2.67 bits per heavy atom. The van der Waals surface area contributed by atoms with E-state index in [1.807, 2.05) is 6.92 Å². The van der Waals surface area contributed by atoms with Crippen molar-refractivity contribution in [1.29, 1.82) is 0 Å². The smallest absolute Gasteiger partial charge is 0.299 e. The lowest BCUT2D eigenvalue weighted by Crippen LogP contribution is -2.20. The Bertz CT molecular complexity index is 692. The molecule has 0 unspecified atom stereocenters. The van der Waals surface area contributed by atoms with Crippen LogP contribution in [0.2, 0.25) is 0 Å². The second kappa shape index (κ2) is 5.95. The molecule has 2 aromatic rings. The highest BCUT2D eigenvalue weighted by Gasteiger charge is 2.22. The largest absolute Gasteiger partial charge is 0.312 e. The standard InChI is InChI=1S/C11H14N6O3S/c1-4-9-13-14-11(21-9)12-8(18)5-16-7(3)10(17(19)20)6(2)15-16/h4-5H2,1-3H3,(H,12,14,18). The molecule has 2 heterocycles. The van der Waals surface area contributed by atoms with E-state index in [0.717, 1.165) is 11.4 Å². The third-order valence-electron chi connectivity index (χ3n) is 2.83. The average Bonchev–Trinajstić information content (AvgIpc) is 2.94. The zero-order valence-corrected chi connectivity index (χ0v) is 12.6. The summed E-state index contributed by atoms with van der Waals surface area (Å²) in [5, 5.41) is 26.5. The number of aryl methyl sites for hydroxylation is 2. The van der Waals surface area contributed by atoms with Crippen molar-refractivity contribution in [2.24, 2.45) is 0 Å². The minimum Gasteiger partial charge on any atom is -0.299 e. The lowest BCUT2D eigenvalue weighted by Gasteiger charge is -2.03. The zero-order chi connectivity index (χ0) is 15.6. The lowest BCUT2D eigenvalue weighted by molar-refractivity contribution is -0.386. The predicted molar refractivity (Wildman–Crippen MR) is 76.3 cm³/mol. The van der Waals surface area contributed by atoms with Gasteiger partial charge in [-0.2, -0.15) is 5.10 Å². The van der Waals surface area contributed by atoms with Crippen LogP contribution in [0.4, 0.5) is 10.8 Å². The molecule has 0 saturated carbocycles. The van der Waals surface area contributed by atoms with E-state index in [4.69, 9.17) is 0 Å².